The maximum absolute atomic E-state index is 12.6. The summed E-state index contributed by atoms with van der Waals surface area (Å²) in [7, 11) is 1.40. The Morgan fingerprint density at radius 1 is 1.62 bits per heavy atom. The molecule has 0 radical (unpaired) electrons. The van der Waals surface area contributed by atoms with E-state index in [1.807, 2.05) is 0 Å². The van der Waals surface area contributed by atoms with Gasteiger partial charge in [0.15, 0.2) is 5.75 Å². The van der Waals surface area contributed by atoms with Gasteiger partial charge in [0, 0.05) is 13.1 Å². The van der Waals surface area contributed by atoms with E-state index in [-0.39, 0.29) is 11.4 Å². The number of rotatable bonds is 1. The highest BCUT2D eigenvalue weighted by molar-refractivity contribution is 5.72. The molecule has 0 spiro atoms. The van der Waals surface area contributed by atoms with Crippen LogP contribution in [-0.2, 0) is 0 Å². The average Bonchev–Trinajstić information content (AvgIpc) is 2.11. The van der Waals surface area contributed by atoms with Gasteiger partial charge in [-0.3, -0.25) is 0 Å². The Kier molecular flexibility index (Phi) is 2.69. The van der Waals surface area contributed by atoms with Gasteiger partial charge >= 0.3 is 6.09 Å². The number of ether oxygens (including phenoxy) is 1. The lowest BCUT2D eigenvalue weighted by atomic mass is 10.3. The fourth-order valence-electron chi connectivity index (χ4n) is 0.747. The van der Waals surface area contributed by atoms with Crippen LogP contribution in [0.5, 0.6) is 5.75 Å². The first-order chi connectivity index (χ1) is 6.13. The third-order valence-corrected chi connectivity index (χ3v) is 1.38. The molecule has 1 rings (SSSR count). The van der Waals surface area contributed by atoms with Crippen LogP contribution in [-0.4, -0.2) is 13.1 Å². The molecule has 0 unspecified atom stereocenters. The topological polar surface area (TPSA) is 64.3 Å². The lowest BCUT2D eigenvalue weighted by Crippen LogP contribution is -2.22. The van der Waals surface area contributed by atoms with Crippen LogP contribution in [0.4, 0.5) is 14.9 Å². The van der Waals surface area contributed by atoms with Gasteiger partial charge in [-0.25, -0.2) is 9.18 Å². The number of carbonyl (C=O) groups excluding carboxylic acids is 1. The van der Waals surface area contributed by atoms with Crippen molar-refractivity contribution >= 4 is 11.8 Å². The molecule has 0 aromatic heterocycles. The van der Waals surface area contributed by atoms with E-state index >= 15 is 0 Å². The number of nitrogens with one attached hydrogen (secondary N) is 1. The summed E-state index contributed by atoms with van der Waals surface area (Å²) in [6.07, 6.45) is -0.683. The van der Waals surface area contributed by atoms with E-state index in [9.17, 15) is 9.18 Å². The minimum absolute atomic E-state index is 0.0133. The molecule has 0 atom stereocenters. The molecule has 13 heavy (non-hydrogen) atoms. The average molecular weight is 184 g/mol. The summed E-state index contributed by atoms with van der Waals surface area (Å²) in [4.78, 5) is 10.7. The maximum atomic E-state index is 12.6. The summed E-state index contributed by atoms with van der Waals surface area (Å²) in [6.45, 7) is 0. The van der Waals surface area contributed by atoms with E-state index < -0.39 is 11.9 Å². The zero-order valence-electron chi connectivity index (χ0n) is 7.00. The minimum atomic E-state index is -0.683. The van der Waals surface area contributed by atoms with Gasteiger partial charge in [-0.1, -0.05) is 0 Å². The maximum Gasteiger partial charge on any atom is 0.412 e. The Bertz CT molecular complexity index is 328. The van der Waals surface area contributed by atoms with Gasteiger partial charge in [0.05, 0.1) is 5.69 Å². The second-order valence-corrected chi connectivity index (χ2v) is 2.32. The Morgan fingerprint density at radius 2 is 2.31 bits per heavy atom. The normalized spacial score (nSPS) is 9.38. The molecular formula is C8H9FN2O2. The molecule has 1 aromatic rings. The van der Waals surface area contributed by atoms with Crippen LogP contribution in [0.3, 0.4) is 0 Å². The van der Waals surface area contributed by atoms with Crippen molar-refractivity contribution in [2.24, 2.45) is 0 Å². The first-order valence-corrected chi connectivity index (χ1v) is 3.58. The SMILES string of the molecule is CNC(=O)Oc1cc(F)ccc1N. The summed E-state index contributed by atoms with van der Waals surface area (Å²) in [6, 6.07) is 3.56. The summed E-state index contributed by atoms with van der Waals surface area (Å²) >= 11 is 0. The van der Waals surface area contributed by atoms with Gasteiger partial charge < -0.3 is 15.8 Å². The van der Waals surface area contributed by atoms with Crippen molar-refractivity contribution in [3.63, 3.8) is 0 Å². The number of halogens is 1. The Hall–Kier alpha value is -1.78. The number of nitrogen functional groups attached to an aromatic ring is 1. The number of hydrogen-bond donors (Lipinski definition) is 2. The fourth-order valence-corrected chi connectivity index (χ4v) is 0.747. The predicted molar refractivity (Wildman–Crippen MR) is 45.9 cm³/mol. The quantitative estimate of drug-likeness (QED) is 0.643. The number of amides is 1. The molecule has 0 aliphatic carbocycles. The molecule has 0 saturated heterocycles. The summed E-state index contributed by atoms with van der Waals surface area (Å²) in [5.74, 6) is -0.493. The van der Waals surface area contributed by atoms with Crippen LogP contribution >= 0.6 is 0 Å². The van der Waals surface area contributed by atoms with Crippen molar-refractivity contribution < 1.29 is 13.9 Å². The first kappa shape index (κ1) is 9.31. The number of nitrogens with two attached hydrogens (primary N) is 1. The van der Waals surface area contributed by atoms with E-state index in [4.69, 9.17) is 5.73 Å². The van der Waals surface area contributed by atoms with Crippen molar-refractivity contribution in [2.45, 2.75) is 0 Å². The van der Waals surface area contributed by atoms with Crippen molar-refractivity contribution in [3.05, 3.63) is 24.0 Å². The van der Waals surface area contributed by atoms with Crippen LogP contribution in [0.2, 0.25) is 0 Å². The van der Waals surface area contributed by atoms with Crippen LogP contribution in [0.1, 0.15) is 0 Å². The third-order valence-electron chi connectivity index (χ3n) is 1.38. The zero-order chi connectivity index (χ0) is 9.84. The van der Waals surface area contributed by atoms with E-state index in [0.29, 0.717) is 0 Å². The minimum Gasteiger partial charge on any atom is -0.408 e. The van der Waals surface area contributed by atoms with E-state index in [1.165, 1.54) is 19.2 Å². The number of benzene rings is 1. The van der Waals surface area contributed by atoms with Crippen LogP contribution < -0.4 is 15.8 Å². The van der Waals surface area contributed by atoms with Gasteiger partial charge in [0.25, 0.3) is 0 Å². The summed E-state index contributed by atoms with van der Waals surface area (Å²) < 4.78 is 17.3. The van der Waals surface area contributed by atoms with E-state index in [0.717, 1.165) is 6.07 Å². The summed E-state index contributed by atoms with van der Waals surface area (Å²) in [5, 5.41) is 2.22. The van der Waals surface area contributed by atoms with Crippen molar-refractivity contribution in [1.82, 2.24) is 5.32 Å². The molecule has 0 aliphatic heterocycles. The molecule has 4 nitrogen and oxygen atoms in total. The molecule has 3 N–H and O–H groups in total. The molecule has 70 valence electrons. The monoisotopic (exact) mass is 184 g/mol. The van der Waals surface area contributed by atoms with Gasteiger partial charge in [0.2, 0.25) is 0 Å². The highest BCUT2D eigenvalue weighted by Gasteiger charge is 2.06. The predicted octanol–water partition coefficient (Wildman–Crippen LogP) is 1.13. The molecule has 1 aromatic carbocycles. The Balaban J connectivity index is 2.87. The van der Waals surface area contributed by atoms with Crippen molar-refractivity contribution in [1.29, 1.82) is 0 Å². The van der Waals surface area contributed by atoms with Crippen molar-refractivity contribution in [3.8, 4) is 5.75 Å². The van der Waals surface area contributed by atoms with Gasteiger partial charge in [-0.05, 0) is 12.1 Å². The van der Waals surface area contributed by atoms with E-state index in [1.54, 1.807) is 0 Å². The van der Waals surface area contributed by atoms with Crippen LogP contribution in [0.15, 0.2) is 18.2 Å². The second-order valence-electron chi connectivity index (χ2n) is 2.32. The molecule has 0 fully saturated rings. The summed E-state index contributed by atoms with van der Waals surface area (Å²) in [5.41, 5.74) is 5.63. The Labute approximate surface area is 74.5 Å². The first-order valence-electron chi connectivity index (χ1n) is 3.58. The Morgan fingerprint density at radius 3 is 2.92 bits per heavy atom. The van der Waals surface area contributed by atoms with Crippen molar-refractivity contribution in [2.75, 3.05) is 12.8 Å². The van der Waals surface area contributed by atoms with Crippen LogP contribution in [0, 0.1) is 5.82 Å². The largest absolute Gasteiger partial charge is 0.412 e. The number of anilines is 1. The highest BCUT2D eigenvalue weighted by atomic mass is 19.1. The van der Waals surface area contributed by atoms with Crippen LogP contribution in [0.25, 0.3) is 0 Å². The molecule has 0 bridgehead atoms. The van der Waals surface area contributed by atoms with E-state index in [2.05, 4.69) is 10.1 Å². The molecular weight excluding hydrogens is 175 g/mol. The number of carbonyl (C=O) groups is 1. The fraction of sp³-hybridized carbons (Fsp3) is 0.125. The molecule has 5 heteroatoms. The molecule has 0 aliphatic rings. The zero-order valence-corrected chi connectivity index (χ0v) is 7.00. The lowest BCUT2D eigenvalue weighted by Gasteiger charge is -2.05. The molecule has 1 amide bonds. The lowest BCUT2D eigenvalue weighted by molar-refractivity contribution is 0.203. The highest BCUT2D eigenvalue weighted by Crippen LogP contribution is 2.21. The van der Waals surface area contributed by atoms with Gasteiger partial charge in [-0.15, -0.1) is 0 Å². The number of hydrogen-bond acceptors (Lipinski definition) is 3. The van der Waals surface area contributed by atoms with Gasteiger partial charge in [0.1, 0.15) is 5.82 Å². The standard InChI is InChI=1S/C8H9FN2O2/c1-11-8(12)13-7-4-5(9)2-3-6(7)10/h2-4H,10H2,1H3,(H,11,12). The third kappa shape index (κ3) is 2.33. The molecule has 0 heterocycles. The molecule has 0 saturated carbocycles. The second kappa shape index (κ2) is 3.75. The van der Waals surface area contributed by atoms with Gasteiger partial charge in [-0.2, -0.15) is 0 Å². The smallest absolute Gasteiger partial charge is 0.408 e.